The fraction of sp³-hybridized carbons (Fsp3) is 0.382. The molecule has 2 bridgehead atoms. The Morgan fingerprint density at radius 1 is 1.13 bits per heavy atom. The minimum Gasteiger partial charge on any atom is -0.493 e. The molecule has 4 aromatic rings. The summed E-state index contributed by atoms with van der Waals surface area (Å²) in [5.41, 5.74) is 2.25. The number of hydrogen-bond donors (Lipinski definition) is 2. The molecule has 1 atom stereocenters. The van der Waals surface area contributed by atoms with Crippen molar-refractivity contribution in [1.82, 2.24) is 30.1 Å². The van der Waals surface area contributed by atoms with Crippen LogP contribution >= 0.6 is 11.3 Å². The van der Waals surface area contributed by atoms with Crippen molar-refractivity contribution in [1.29, 1.82) is 0 Å². The lowest BCUT2D eigenvalue weighted by Crippen LogP contribution is -2.52. The van der Waals surface area contributed by atoms with Crippen molar-refractivity contribution in [2.45, 2.75) is 45.7 Å². The van der Waals surface area contributed by atoms with Gasteiger partial charge in [0.15, 0.2) is 11.5 Å². The van der Waals surface area contributed by atoms with Gasteiger partial charge in [-0.25, -0.2) is 9.97 Å². The van der Waals surface area contributed by atoms with E-state index < -0.39 is 11.9 Å². The fourth-order valence-electron chi connectivity index (χ4n) is 5.29. The molecule has 0 spiro atoms. The molecule has 0 saturated heterocycles. The first-order valence-electron chi connectivity index (χ1n) is 15.5. The number of aryl methyl sites for hydroxylation is 1. The van der Waals surface area contributed by atoms with Gasteiger partial charge >= 0.3 is 0 Å². The van der Waals surface area contributed by atoms with Crippen molar-refractivity contribution in [2.75, 3.05) is 33.4 Å². The fourth-order valence-corrected chi connectivity index (χ4v) is 6.09. The molecule has 0 fully saturated rings. The number of rotatable bonds is 5. The zero-order chi connectivity index (χ0) is 32.5. The van der Waals surface area contributed by atoms with Crippen molar-refractivity contribution in [3.63, 3.8) is 0 Å². The van der Waals surface area contributed by atoms with E-state index in [4.69, 9.17) is 9.47 Å². The molecule has 2 N–H and O–H groups in total. The van der Waals surface area contributed by atoms with Crippen LogP contribution in [0.1, 0.15) is 47.7 Å². The third-order valence-corrected chi connectivity index (χ3v) is 8.55. The number of nitrogens with one attached hydrogen (secondary N) is 2. The van der Waals surface area contributed by atoms with Crippen LogP contribution in [0, 0.1) is 5.92 Å². The van der Waals surface area contributed by atoms with Crippen molar-refractivity contribution in [2.24, 2.45) is 5.92 Å². The number of methoxy groups -OCH3 is 1. The van der Waals surface area contributed by atoms with Crippen LogP contribution in [0.15, 0.2) is 66.3 Å². The Hall–Kier alpha value is -4.71. The summed E-state index contributed by atoms with van der Waals surface area (Å²) in [7, 11) is 1.59. The van der Waals surface area contributed by atoms with Crippen molar-refractivity contribution >= 4 is 29.1 Å². The number of nitrogens with zero attached hydrogens (tertiary/aromatic N) is 4. The van der Waals surface area contributed by atoms with Crippen LogP contribution in [0.4, 0.5) is 0 Å². The Labute approximate surface area is 273 Å². The SMILES string of the molecule is COc1ccc2cc1OCCCN(C(=O)c1csc(Cc3ccccc3)n1)CC(=O)N[C@H](C(C)C)C(=O)NCCCn1ccnc1-2. The third-order valence-electron chi connectivity index (χ3n) is 7.70. The van der Waals surface area contributed by atoms with Crippen molar-refractivity contribution in [3.05, 3.63) is 82.6 Å². The average Bonchev–Trinajstić information content (AvgIpc) is 3.72. The molecule has 0 unspecified atom stereocenters. The Bertz CT molecular complexity index is 1640. The van der Waals surface area contributed by atoms with E-state index in [9.17, 15) is 14.4 Å². The minimum atomic E-state index is -0.746. The van der Waals surface area contributed by atoms with Gasteiger partial charge in [-0.3, -0.25) is 14.4 Å². The number of hydrogen-bond acceptors (Lipinski definition) is 8. The molecule has 11 nitrogen and oxygen atoms in total. The molecule has 1 aliphatic rings. The van der Waals surface area contributed by atoms with Gasteiger partial charge in [-0.1, -0.05) is 44.2 Å². The lowest BCUT2D eigenvalue weighted by atomic mass is 10.0. The summed E-state index contributed by atoms with van der Waals surface area (Å²) in [6, 6.07) is 14.8. The molecule has 0 radical (unpaired) electrons. The van der Waals surface area contributed by atoms with E-state index in [-0.39, 0.29) is 43.1 Å². The standard InChI is InChI=1S/C34H40N6O5S/c1-23(2)31-33(42)36-13-7-15-39-17-14-35-32(39)25-11-12-27(44-3)28(20-25)45-18-8-16-40(21-29(41)38-31)34(43)26-22-46-30(37-26)19-24-9-5-4-6-10-24/h4-6,9-12,14,17,20,22-23,31H,7-8,13,15-16,18-19,21H2,1-3H3,(H,36,42)(H,38,41)/t31-/m1/s1. The maximum atomic E-state index is 13.7. The summed E-state index contributed by atoms with van der Waals surface area (Å²) in [6.07, 6.45) is 5.36. The van der Waals surface area contributed by atoms with Crippen LogP contribution in [-0.4, -0.2) is 76.5 Å². The van der Waals surface area contributed by atoms with Gasteiger partial charge in [0.25, 0.3) is 5.91 Å². The van der Waals surface area contributed by atoms with Gasteiger partial charge in [0.2, 0.25) is 11.8 Å². The zero-order valence-corrected chi connectivity index (χ0v) is 27.2. The highest BCUT2D eigenvalue weighted by atomic mass is 32.1. The van der Waals surface area contributed by atoms with Gasteiger partial charge in [-0.2, -0.15) is 0 Å². The van der Waals surface area contributed by atoms with E-state index in [0.717, 1.165) is 22.0 Å². The van der Waals surface area contributed by atoms with Crippen LogP contribution < -0.4 is 20.1 Å². The number of ether oxygens (including phenoxy) is 2. The predicted octanol–water partition coefficient (Wildman–Crippen LogP) is 4.18. The third kappa shape index (κ3) is 8.30. The molecule has 12 heteroatoms. The molecule has 0 saturated carbocycles. The minimum absolute atomic E-state index is 0.156. The number of benzene rings is 2. The molecular weight excluding hydrogens is 604 g/mol. The molecular formula is C34H40N6O5S. The summed E-state index contributed by atoms with van der Waals surface area (Å²) in [5, 5.41) is 8.36. The van der Waals surface area contributed by atoms with Crippen LogP contribution in [0.3, 0.4) is 0 Å². The van der Waals surface area contributed by atoms with Crippen molar-refractivity contribution in [3.8, 4) is 22.9 Å². The molecule has 2 aromatic heterocycles. The second kappa shape index (κ2) is 15.5. The smallest absolute Gasteiger partial charge is 0.273 e. The maximum absolute atomic E-state index is 13.7. The molecule has 3 amide bonds. The molecule has 2 aromatic carbocycles. The highest BCUT2D eigenvalue weighted by molar-refractivity contribution is 7.09. The van der Waals surface area contributed by atoms with Gasteiger partial charge in [-0.05, 0) is 42.5 Å². The zero-order valence-electron chi connectivity index (χ0n) is 26.4. The van der Waals surface area contributed by atoms with Crippen molar-refractivity contribution < 1.29 is 23.9 Å². The van der Waals surface area contributed by atoms with E-state index in [2.05, 4.69) is 20.6 Å². The normalized spacial score (nSPS) is 16.7. The second-order valence-corrected chi connectivity index (χ2v) is 12.4. The summed E-state index contributed by atoms with van der Waals surface area (Å²) in [5.74, 6) is 0.720. The molecule has 0 aliphatic carbocycles. The first-order valence-corrected chi connectivity index (χ1v) is 16.4. The Morgan fingerprint density at radius 2 is 1.96 bits per heavy atom. The highest BCUT2D eigenvalue weighted by Crippen LogP contribution is 2.32. The Kier molecular flexibility index (Phi) is 11.0. The topological polar surface area (TPSA) is 128 Å². The van der Waals surface area contributed by atoms with Gasteiger partial charge in [-0.15, -0.1) is 11.3 Å². The first kappa shape index (κ1) is 32.7. The molecule has 46 heavy (non-hydrogen) atoms. The van der Waals surface area contributed by atoms with Gasteiger partial charge in [0, 0.05) is 49.4 Å². The number of aromatic nitrogens is 3. The predicted molar refractivity (Wildman–Crippen MR) is 176 cm³/mol. The van der Waals surface area contributed by atoms with Crippen LogP contribution in [0.25, 0.3) is 11.4 Å². The average molecular weight is 645 g/mol. The van der Waals surface area contributed by atoms with E-state index in [1.807, 2.05) is 73.1 Å². The summed E-state index contributed by atoms with van der Waals surface area (Å²) >= 11 is 1.41. The number of imidazole rings is 1. The lowest BCUT2D eigenvalue weighted by molar-refractivity contribution is -0.130. The maximum Gasteiger partial charge on any atom is 0.273 e. The highest BCUT2D eigenvalue weighted by Gasteiger charge is 2.27. The number of fused-ring (bicyclic) bond motifs is 4. The van der Waals surface area contributed by atoms with E-state index in [0.29, 0.717) is 43.9 Å². The number of carbonyl (C=O) groups excluding carboxylic acids is 3. The van der Waals surface area contributed by atoms with E-state index >= 15 is 0 Å². The number of thiazole rings is 1. The molecule has 242 valence electrons. The van der Waals surface area contributed by atoms with Crippen LogP contribution in [0.5, 0.6) is 11.5 Å². The molecule has 1 aliphatic heterocycles. The largest absolute Gasteiger partial charge is 0.493 e. The number of amides is 3. The van der Waals surface area contributed by atoms with Gasteiger partial charge in [0.1, 0.15) is 17.6 Å². The number of carbonyl (C=O) groups is 3. The van der Waals surface area contributed by atoms with Crippen LogP contribution in [-0.2, 0) is 22.6 Å². The van der Waals surface area contributed by atoms with Crippen LogP contribution in [0.2, 0.25) is 0 Å². The molecule has 5 rings (SSSR count). The quantitative estimate of drug-likeness (QED) is 0.334. The Morgan fingerprint density at radius 3 is 2.74 bits per heavy atom. The van der Waals surface area contributed by atoms with E-state index in [1.165, 1.54) is 16.2 Å². The monoisotopic (exact) mass is 644 g/mol. The van der Waals surface area contributed by atoms with Gasteiger partial charge in [0.05, 0.1) is 25.3 Å². The first-order chi connectivity index (χ1) is 22.3. The Balaban J connectivity index is 1.38. The molecule has 3 heterocycles. The summed E-state index contributed by atoms with van der Waals surface area (Å²) < 4.78 is 13.7. The van der Waals surface area contributed by atoms with Gasteiger partial charge < -0.3 is 29.6 Å². The summed E-state index contributed by atoms with van der Waals surface area (Å²) in [6.45, 7) is 5.10. The second-order valence-electron chi connectivity index (χ2n) is 11.5. The summed E-state index contributed by atoms with van der Waals surface area (Å²) in [4.78, 5) is 50.8. The van der Waals surface area contributed by atoms with E-state index in [1.54, 1.807) is 18.7 Å². The lowest BCUT2D eigenvalue weighted by Gasteiger charge is -2.25.